The monoisotopic (exact) mass is 465 g/mol. The molecule has 6 aromatic rings. The summed E-state index contributed by atoms with van der Waals surface area (Å²) < 4.78 is 13.6. The highest BCUT2D eigenvalue weighted by Crippen LogP contribution is 2.50. The lowest BCUT2D eigenvalue weighted by Gasteiger charge is -2.26. The van der Waals surface area contributed by atoms with E-state index in [4.69, 9.17) is 14.1 Å². The molecule has 9 heteroatoms. The molecule has 34 heavy (non-hydrogen) atoms. The molecule has 1 aliphatic rings. The minimum absolute atomic E-state index is 0.397. The fourth-order valence-electron chi connectivity index (χ4n) is 4.48. The molecule has 1 aliphatic heterocycles. The summed E-state index contributed by atoms with van der Waals surface area (Å²) >= 11 is 1.58. The molecule has 0 saturated carbocycles. The normalized spacial score (nSPS) is 14.7. The van der Waals surface area contributed by atoms with Crippen LogP contribution in [0.3, 0.4) is 0 Å². The molecule has 164 valence electrons. The second kappa shape index (κ2) is 7.06. The number of ether oxygens (including phenoxy) is 1. The second-order valence-corrected chi connectivity index (χ2v) is 8.96. The van der Waals surface area contributed by atoms with Gasteiger partial charge in [0.1, 0.15) is 17.6 Å². The van der Waals surface area contributed by atoms with E-state index < -0.39 is 11.5 Å². The van der Waals surface area contributed by atoms with Crippen molar-refractivity contribution in [2.45, 2.75) is 12.8 Å². The summed E-state index contributed by atoms with van der Waals surface area (Å²) in [6.07, 6.45) is 3.27. The van der Waals surface area contributed by atoms with Gasteiger partial charge in [-0.1, -0.05) is 18.2 Å². The summed E-state index contributed by atoms with van der Waals surface area (Å²) in [7, 11) is 0. The van der Waals surface area contributed by atoms with Crippen molar-refractivity contribution in [3.05, 3.63) is 98.4 Å². The fourth-order valence-corrected chi connectivity index (χ4v) is 5.52. The van der Waals surface area contributed by atoms with E-state index in [1.54, 1.807) is 34.4 Å². The Morgan fingerprint density at radius 2 is 1.91 bits per heavy atom. The number of thiophene rings is 1. The zero-order valence-electron chi connectivity index (χ0n) is 17.8. The van der Waals surface area contributed by atoms with Crippen LogP contribution in [0, 0.1) is 6.92 Å². The van der Waals surface area contributed by atoms with Gasteiger partial charge < -0.3 is 9.15 Å². The van der Waals surface area contributed by atoms with Gasteiger partial charge in [0.25, 0.3) is 0 Å². The maximum Gasteiger partial charge on any atom is 0.344 e. The van der Waals surface area contributed by atoms with Crippen molar-refractivity contribution in [2.24, 2.45) is 0 Å². The second-order valence-electron chi connectivity index (χ2n) is 8.01. The first-order valence-corrected chi connectivity index (χ1v) is 11.5. The van der Waals surface area contributed by atoms with Crippen LogP contribution in [0.4, 0.5) is 0 Å². The molecule has 7 rings (SSSR count). The molecule has 0 spiro atoms. The topological polar surface area (TPSA) is 95.4 Å². The van der Waals surface area contributed by atoms with Gasteiger partial charge in [0.2, 0.25) is 11.7 Å². The molecule has 6 heterocycles. The zero-order chi connectivity index (χ0) is 22.8. The molecule has 0 saturated heterocycles. The lowest BCUT2D eigenvalue weighted by molar-refractivity contribution is 0.423. The summed E-state index contributed by atoms with van der Waals surface area (Å²) in [5.74, 6) is 0.873. The Labute approximate surface area is 196 Å². The van der Waals surface area contributed by atoms with Crippen LogP contribution in [0.15, 0.2) is 75.6 Å². The number of aromatic nitrogens is 5. The van der Waals surface area contributed by atoms with Crippen LogP contribution >= 0.6 is 11.3 Å². The molecule has 0 radical (unpaired) electrons. The first kappa shape index (κ1) is 19.1. The summed E-state index contributed by atoms with van der Waals surface area (Å²) in [6.45, 7) is 2.03. The Morgan fingerprint density at radius 1 is 1.03 bits per heavy atom. The van der Waals surface area contributed by atoms with Crippen LogP contribution in [0.25, 0.3) is 28.1 Å². The Morgan fingerprint density at radius 3 is 2.74 bits per heavy atom. The molecule has 0 bridgehead atoms. The predicted molar refractivity (Wildman–Crippen MR) is 127 cm³/mol. The highest BCUT2D eigenvalue weighted by atomic mass is 32.1. The van der Waals surface area contributed by atoms with Gasteiger partial charge in [0.15, 0.2) is 11.4 Å². The van der Waals surface area contributed by atoms with Crippen molar-refractivity contribution in [1.82, 2.24) is 24.6 Å². The molecular formula is C25H15N5O3S. The number of benzene rings is 1. The molecule has 1 aromatic carbocycles. The van der Waals surface area contributed by atoms with Gasteiger partial charge in [-0.05, 0) is 48.2 Å². The highest BCUT2D eigenvalue weighted by molar-refractivity contribution is 7.10. The van der Waals surface area contributed by atoms with E-state index in [1.807, 2.05) is 54.8 Å². The lowest BCUT2D eigenvalue weighted by atomic mass is 9.87. The maximum absolute atomic E-state index is 13.4. The largest absolute Gasteiger partial charge is 0.437 e. The molecular weight excluding hydrogens is 450 g/mol. The third-order valence-corrected chi connectivity index (χ3v) is 7.10. The Hall–Kier alpha value is -4.37. The molecule has 1 unspecified atom stereocenters. The Bertz CT molecular complexity index is 1790. The van der Waals surface area contributed by atoms with Crippen LogP contribution in [-0.4, -0.2) is 24.6 Å². The number of rotatable bonds is 2. The Kier molecular flexibility index (Phi) is 3.97. The third kappa shape index (κ3) is 2.67. The lowest BCUT2D eigenvalue weighted by Crippen LogP contribution is -2.22. The first-order chi connectivity index (χ1) is 16.7. The van der Waals surface area contributed by atoms with Crippen molar-refractivity contribution < 1.29 is 9.15 Å². The van der Waals surface area contributed by atoms with Crippen LogP contribution < -0.4 is 10.4 Å². The highest BCUT2D eigenvalue weighted by Gasteiger charge is 2.38. The molecule has 0 aliphatic carbocycles. The van der Waals surface area contributed by atoms with Crippen molar-refractivity contribution in [3.8, 4) is 23.1 Å². The smallest absolute Gasteiger partial charge is 0.344 e. The van der Waals surface area contributed by atoms with Crippen molar-refractivity contribution >= 4 is 28.0 Å². The fraction of sp³-hybridized carbons (Fsp3) is 0.0800. The van der Waals surface area contributed by atoms with Crippen LogP contribution in [0.1, 0.15) is 27.5 Å². The number of pyridine rings is 1. The van der Waals surface area contributed by atoms with Crippen LogP contribution in [-0.2, 0) is 0 Å². The number of hydrogen-bond donors (Lipinski definition) is 0. The molecule has 5 aromatic heterocycles. The van der Waals surface area contributed by atoms with E-state index in [1.165, 1.54) is 0 Å². The van der Waals surface area contributed by atoms with E-state index in [0.717, 1.165) is 15.8 Å². The van der Waals surface area contributed by atoms with E-state index in [-0.39, 0.29) is 0 Å². The van der Waals surface area contributed by atoms with Gasteiger partial charge >= 0.3 is 5.63 Å². The molecule has 0 N–H and O–H groups in total. The van der Waals surface area contributed by atoms with E-state index in [9.17, 15) is 4.79 Å². The number of hydrogen-bond acceptors (Lipinski definition) is 8. The van der Waals surface area contributed by atoms with E-state index >= 15 is 0 Å². The summed E-state index contributed by atoms with van der Waals surface area (Å²) in [5, 5.41) is 7.32. The third-order valence-electron chi connectivity index (χ3n) is 6.02. The molecule has 0 amide bonds. The van der Waals surface area contributed by atoms with Gasteiger partial charge in [-0.3, -0.25) is 4.98 Å². The molecule has 8 nitrogen and oxygen atoms in total. The van der Waals surface area contributed by atoms with Crippen LogP contribution in [0.5, 0.6) is 11.6 Å². The predicted octanol–water partition coefficient (Wildman–Crippen LogP) is 4.95. The number of fused-ring (bicyclic) bond motifs is 6. The van der Waals surface area contributed by atoms with Gasteiger partial charge in [0, 0.05) is 11.1 Å². The van der Waals surface area contributed by atoms with Crippen LogP contribution in [0.2, 0.25) is 0 Å². The average Bonchev–Trinajstić information content (AvgIpc) is 3.49. The SMILES string of the molecule is Cc1ccsc1C1c2c(c3ccccc3oc2=O)Oc2ncn3nc(-c4ccccn4)nc3c21. The first-order valence-electron chi connectivity index (χ1n) is 10.6. The summed E-state index contributed by atoms with van der Waals surface area (Å²) in [4.78, 5) is 28.1. The molecule has 1 atom stereocenters. The number of nitrogens with zero attached hydrogens (tertiary/aromatic N) is 5. The Balaban J connectivity index is 1.57. The zero-order valence-corrected chi connectivity index (χ0v) is 18.6. The maximum atomic E-state index is 13.4. The quantitative estimate of drug-likeness (QED) is 0.333. The number of aryl methyl sites for hydroxylation is 1. The molecule has 0 fully saturated rings. The van der Waals surface area contributed by atoms with Gasteiger partial charge in [-0.25, -0.2) is 19.3 Å². The van der Waals surface area contributed by atoms with E-state index in [0.29, 0.717) is 45.5 Å². The van der Waals surface area contributed by atoms with Gasteiger partial charge in [-0.15, -0.1) is 16.4 Å². The van der Waals surface area contributed by atoms with Gasteiger partial charge in [0.05, 0.1) is 22.4 Å². The summed E-state index contributed by atoms with van der Waals surface area (Å²) in [6, 6.07) is 15.0. The standard InChI is InChI=1S/C25H15N5O3S/c1-13-9-11-34-21(13)17-18-20(14-6-2-3-8-16(14)32-25(18)31)33-24-19(17)23-28-22(29-30(23)12-27-24)15-7-4-5-10-26-15/h2-12,17H,1H3. The van der Waals surface area contributed by atoms with Crippen molar-refractivity contribution in [1.29, 1.82) is 0 Å². The van der Waals surface area contributed by atoms with Crippen molar-refractivity contribution in [3.63, 3.8) is 0 Å². The summed E-state index contributed by atoms with van der Waals surface area (Å²) in [5.41, 5.74) is 3.41. The minimum Gasteiger partial charge on any atom is -0.437 e. The average molecular weight is 465 g/mol. The van der Waals surface area contributed by atoms with Crippen molar-refractivity contribution in [2.75, 3.05) is 0 Å². The van der Waals surface area contributed by atoms with Gasteiger partial charge in [-0.2, -0.15) is 0 Å². The van der Waals surface area contributed by atoms with E-state index in [2.05, 4.69) is 15.1 Å². The number of para-hydroxylation sites is 1. The minimum atomic E-state index is -0.461.